The number of allylic oxidation sites excluding steroid dienone is 3. The van der Waals surface area contributed by atoms with Crippen molar-refractivity contribution >= 4 is 38.7 Å². The summed E-state index contributed by atoms with van der Waals surface area (Å²) < 4.78 is 1.00. The summed E-state index contributed by atoms with van der Waals surface area (Å²) in [7, 11) is 1.86. The smallest absolute Gasteiger partial charge is 0.495 e. The van der Waals surface area contributed by atoms with Crippen LogP contribution in [0.25, 0.3) is 11.0 Å². The Morgan fingerprint density at radius 2 is 1.93 bits per heavy atom. The SMILES string of the molecule is C=C\C=C(/N=C(\C=C(/N)[N-]c1ccc(Br)cc1)CC)c1c[c-]c(NC)cc1.[CH3-].[K+].[U+2]. The number of nitrogens with zero attached hydrogens (tertiary/aromatic N) is 2. The monoisotopic (exact) mass is 714 g/mol. The third-order valence-electron chi connectivity index (χ3n) is 3.68. The second-order valence-corrected chi connectivity index (χ2v) is 6.56. The summed E-state index contributed by atoms with van der Waals surface area (Å²) >= 11 is 3.41. The number of hydrogen-bond acceptors (Lipinski definition) is 3. The summed E-state index contributed by atoms with van der Waals surface area (Å²) in [4.78, 5) is 4.75. The second-order valence-electron chi connectivity index (χ2n) is 5.64. The molecule has 0 fully saturated rings. The average molecular weight is 716 g/mol. The van der Waals surface area contributed by atoms with Crippen molar-refractivity contribution in [1.29, 1.82) is 0 Å². The summed E-state index contributed by atoms with van der Waals surface area (Å²) in [5.41, 5.74) is 10.4. The van der Waals surface area contributed by atoms with Gasteiger partial charge in [-0.2, -0.15) is 18.2 Å². The van der Waals surface area contributed by atoms with Crippen LogP contribution in [-0.4, -0.2) is 12.8 Å². The van der Waals surface area contributed by atoms with Crippen molar-refractivity contribution in [3.05, 3.63) is 102 Å². The first-order chi connectivity index (χ1) is 13.0. The van der Waals surface area contributed by atoms with E-state index < -0.39 is 0 Å². The van der Waals surface area contributed by atoms with Gasteiger partial charge in [0, 0.05) is 22.9 Å². The number of benzene rings is 2. The molecule has 0 spiro atoms. The van der Waals surface area contributed by atoms with E-state index in [4.69, 9.17) is 10.7 Å². The van der Waals surface area contributed by atoms with E-state index >= 15 is 0 Å². The van der Waals surface area contributed by atoms with Crippen LogP contribution >= 0.6 is 15.9 Å². The van der Waals surface area contributed by atoms with Crippen molar-refractivity contribution < 1.29 is 82.5 Å². The molecule has 0 radical (unpaired) electrons. The molecule has 0 amide bonds. The fraction of sp³-hybridized carbons (Fsp3) is 0.130. The topological polar surface area (TPSA) is 64.5 Å². The van der Waals surface area contributed by atoms with E-state index in [9.17, 15) is 0 Å². The van der Waals surface area contributed by atoms with Crippen LogP contribution in [-0.2, 0) is 0 Å². The van der Waals surface area contributed by atoms with E-state index in [0.717, 1.165) is 39.2 Å². The number of halogens is 1. The van der Waals surface area contributed by atoms with Gasteiger partial charge < -0.3 is 23.8 Å². The molecule has 0 aliphatic carbocycles. The largest absolute Gasteiger partial charge is 2.00 e. The average Bonchev–Trinajstić information content (AvgIpc) is 2.68. The maximum absolute atomic E-state index is 6.09. The van der Waals surface area contributed by atoms with Crippen LogP contribution < -0.4 is 62.4 Å². The minimum atomic E-state index is 0. The zero-order valence-electron chi connectivity index (χ0n) is 18.0. The van der Waals surface area contributed by atoms with Gasteiger partial charge in [0.05, 0.1) is 0 Å². The maximum atomic E-state index is 6.09. The molecule has 0 bridgehead atoms. The number of nitrogens with two attached hydrogens (primary N) is 1. The molecule has 0 aliphatic rings. The fourth-order valence-corrected chi connectivity index (χ4v) is 2.55. The number of aliphatic imine (C=N–C) groups is 1. The third-order valence-corrected chi connectivity index (χ3v) is 4.21. The molecule has 4 nitrogen and oxygen atoms in total. The molecule has 7 heteroatoms. The number of nitrogens with one attached hydrogen (secondary N) is 1. The summed E-state index contributed by atoms with van der Waals surface area (Å²) in [5, 5.41) is 7.48. The Morgan fingerprint density at radius 3 is 2.43 bits per heavy atom. The Kier molecular flexibility index (Phi) is 18.7. The quantitative estimate of drug-likeness (QED) is 0.190. The molecular weight excluding hydrogens is 689 g/mol. The molecular formula is C23H26BrKN4U. The van der Waals surface area contributed by atoms with Gasteiger partial charge in [0.2, 0.25) is 0 Å². The summed E-state index contributed by atoms with van der Waals surface area (Å²) in [6.45, 7) is 5.82. The van der Waals surface area contributed by atoms with Gasteiger partial charge in [-0.3, -0.25) is 4.99 Å². The van der Waals surface area contributed by atoms with E-state index in [-0.39, 0.29) is 89.9 Å². The Labute approximate surface area is 255 Å². The standard InChI is InChI=1S/C22H23BrN4.CH3.K.U/c1-4-6-21(16-7-11-19(25-3)12-8-16)26-18(5-2)15-22(24)27-20-13-9-17(23)10-14-20;;;/h4,6-11,13-15,25H,1,5,24H2,2-3H3;1H3;;/q-2;-1;+1;+2/b21-6-,22-15+,26-18-;;;. The summed E-state index contributed by atoms with van der Waals surface area (Å²) in [6, 6.07) is 16.7. The minimum absolute atomic E-state index is 0. The van der Waals surface area contributed by atoms with Crippen molar-refractivity contribution in [3.8, 4) is 0 Å². The molecule has 0 atom stereocenters. The Bertz CT molecular complexity index is 860. The molecule has 150 valence electrons. The van der Waals surface area contributed by atoms with Gasteiger partial charge >= 0.3 is 82.5 Å². The van der Waals surface area contributed by atoms with Crippen LogP contribution in [0.1, 0.15) is 18.9 Å². The summed E-state index contributed by atoms with van der Waals surface area (Å²) in [6.07, 6.45) is 6.11. The van der Waals surface area contributed by atoms with Gasteiger partial charge in [0.15, 0.2) is 0 Å². The zero-order chi connectivity index (χ0) is 19.6. The normalized spacial score (nSPS) is 11.4. The molecule has 2 aromatic rings. The van der Waals surface area contributed by atoms with E-state index in [1.54, 1.807) is 12.2 Å². The predicted octanol–water partition coefficient (Wildman–Crippen LogP) is 3.63. The third kappa shape index (κ3) is 11.0. The van der Waals surface area contributed by atoms with E-state index in [1.807, 2.05) is 62.5 Å². The molecule has 0 aromatic heterocycles. The molecule has 0 saturated carbocycles. The Morgan fingerprint density at radius 1 is 1.27 bits per heavy atom. The first-order valence-corrected chi connectivity index (χ1v) is 9.39. The van der Waals surface area contributed by atoms with Gasteiger partial charge in [-0.15, -0.1) is 11.6 Å². The zero-order valence-corrected chi connectivity index (χ0v) is 26.9. The van der Waals surface area contributed by atoms with Crippen molar-refractivity contribution in [3.63, 3.8) is 0 Å². The van der Waals surface area contributed by atoms with E-state index in [1.165, 1.54) is 0 Å². The van der Waals surface area contributed by atoms with E-state index in [2.05, 4.69) is 39.2 Å². The molecule has 2 rings (SSSR count). The molecule has 0 aliphatic heterocycles. The van der Waals surface area contributed by atoms with Crippen LogP contribution in [0.2, 0.25) is 0 Å². The van der Waals surface area contributed by atoms with Crippen LogP contribution in [0.3, 0.4) is 0 Å². The van der Waals surface area contributed by atoms with Crippen molar-refractivity contribution in [2.75, 3.05) is 12.4 Å². The Hall–Kier alpha value is -0.102. The molecule has 0 unspecified atom stereocenters. The van der Waals surface area contributed by atoms with Gasteiger partial charge in [0.25, 0.3) is 0 Å². The van der Waals surface area contributed by atoms with Gasteiger partial charge in [0.1, 0.15) is 0 Å². The number of hydrogen-bond donors (Lipinski definition) is 2. The number of anilines is 1. The van der Waals surface area contributed by atoms with Gasteiger partial charge in [-0.1, -0.05) is 59.1 Å². The van der Waals surface area contributed by atoms with Gasteiger partial charge in [-0.05, 0) is 36.4 Å². The molecule has 0 heterocycles. The molecule has 30 heavy (non-hydrogen) atoms. The van der Waals surface area contributed by atoms with Crippen LogP contribution in [0, 0.1) is 44.6 Å². The first-order valence-electron chi connectivity index (χ1n) is 8.60. The first kappa shape index (κ1) is 32.1. The number of rotatable bonds is 8. The fourth-order valence-electron chi connectivity index (χ4n) is 2.29. The predicted molar refractivity (Wildman–Crippen MR) is 127 cm³/mol. The Balaban J connectivity index is 0. The van der Waals surface area contributed by atoms with E-state index in [0.29, 0.717) is 5.82 Å². The second kappa shape index (κ2) is 17.5. The van der Waals surface area contributed by atoms with Gasteiger partial charge in [-0.25, -0.2) is 0 Å². The van der Waals surface area contributed by atoms with Crippen molar-refractivity contribution in [2.24, 2.45) is 10.7 Å². The van der Waals surface area contributed by atoms with Crippen LogP contribution in [0.4, 0.5) is 11.4 Å². The summed E-state index contributed by atoms with van der Waals surface area (Å²) in [5.74, 6) is 0.410. The molecule has 3 N–H and O–H groups in total. The van der Waals surface area contributed by atoms with Crippen molar-refractivity contribution in [2.45, 2.75) is 13.3 Å². The van der Waals surface area contributed by atoms with Crippen molar-refractivity contribution in [1.82, 2.24) is 0 Å². The minimum Gasteiger partial charge on any atom is -0.495 e. The maximum Gasteiger partial charge on any atom is 2.00 e. The van der Waals surface area contributed by atoms with Crippen LogP contribution in [0.5, 0.6) is 0 Å². The van der Waals surface area contributed by atoms with Crippen LogP contribution in [0.15, 0.2) is 82.6 Å². The molecule has 0 saturated heterocycles. The molecule has 2 aromatic carbocycles.